The normalized spacial score (nSPS) is 25.4. The summed E-state index contributed by atoms with van der Waals surface area (Å²) in [6, 6.07) is 5.86. The van der Waals surface area contributed by atoms with Crippen LogP contribution in [0.2, 0.25) is 0 Å². The summed E-state index contributed by atoms with van der Waals surface area (Å²) in [7, 11) is -3.55. The van der Waals surface area contributed by atoms with Crippen LogP contribution in [0.15, 0.2) is 18.2 Å². The lowest BCUT2D eigenvalue weighted by Crippen LogP contribution is -2.48. The highest BCUT2D eigenvalue weighted by Crippen LogP contribution is 2.29. The van der Waals surface area contributed by atoms with Crippen molar-refractivity contribution in [3.8, 4) is 0 Å². The molecule has 1 aliphatic carbocycles. The highest BCUT2D eigenvalue weighted by atomic mass is 32.2. The minimum atomic E-state index is -3.55. The largest absolute Gasteiger partial charge is 0.352 e. The van der Waals surface area contributed by atoms with E-state index in [-0.39, 0.29) is 17.7 Å². The minimum Gasteiger partial charge on any atom is -0.352 e. The summed E-state index contributed by atoms with van der Waals surface area (Å²) in [6.45, 7) is 9.69. The van der Waals surface area contributed by atoms with Crippen molar-refractivity contribution < 1.29 is 13.2 Å². The second kappa shape index (κ2) is 7.90. The molecule has 0 spiro atoms. The monoisotopic (exact) mass is 365 g/mol. The zero-order valence-electron chi connectivity index (χ0n) is 16.0. The molecule has 0 bridgehead atoms. The molecular formula is C20H31NO3S. The third kappa shape index (κ3) is 4.84. The van der Waals surface area contributed by atoms with Crippen molar-refractivity contribution in [2.24, 2.45) is 11.8 Å². The van der Waals surface area contributed by atoms with Crippen molar-refractivity contribution >= 4 is 15.7 Å². The van der Waals surface area contributed by atoms with Crippen LogP contribution in [-0.2, 0) is 20.4 Å². The number of rotatable bonds is 5. The van der Waals surface area contributed by atoms with Crippen molar-refractivity contribution in [1.82, 2.24) is 5.32 Å². The summed E-state index contributed by atoms with van der Waals surface area (Å²) in [5.41, 5.74) is 2.74. The summed E-state index contributed by atoms with van der Waals surface area (Å²) >= 11 is 0. The Morgan fingerprint density at radius 2 is 1.92 bits per heavy atom. The zero-order valence-corrected chi connectivity index (χ0v) is 16.8. The summed E-state index contributed by atoms with van der Waals surface area (Å²) in [5.74, 6) is 0.481. The van der Waals surface area contributed by atoms with Crippen LogP contribution in [0.25, 0.3) is 0 Å². The molecule has 2 rings (SSSR count). The number of carbonyl (C=O) groups excluding carboxylic acids is 1. The number of hydrogen-bond donors (Lipinski definition) is 1. The van der Waals surface area contributed by atoms with Crippen LogP contribution in [0.4, 0.5) is 0 Å². The van der Waals surface area contributed by atoms with Crippen LogP contribution < -0.4 is 5.32 Å². The number of aryl methyl sites for hydroxylation is 2. The van der Waals surface area contributed by atoms with Gasteiger partial charge >= 0.3 is 0 Å². The summed E-state index contributed by atoms with van der Waals surface area (Å²) in [4.78, 5) is 12.6. The van der Waals surface area contributed by atoms with Gasteiger partial charge in [-0.2, -0.15) is 0 Å². The fraction of sp³-hybridized carbons (Fsp3) is 0.650. The van der Waals surface area contributed by atoms with Crippen LogP contribution in [-0.4, -0.2) is 25.6 Å². The van der Waals surface area contributed by atoms with Gasteiger partial charge in [-0.1, -0.05) is 50.5 Å². The van der Waals surface area contributed by atoms with Gasteiger partial charge in [-0.15, -0.1) is 0 Å². The Morgan fingerprint density at radius 1 is 1.24 bits per heavy atom. The number of amides is 1. The molecule has 0 radical (unpaired) electrons. The first-order valence-corrected chi connectivity index (χ1v) is 10.9. The van der Waals surface area contributed by atoms with Crippen LogP contribution in [0.5, 0.6) is 0 Å². The lowest BCUT2D eigenvalue weighted by molar-refractivity contribution is -0.121. The molecule has 1 aliphatic rings. The molecule has 140 valence electrons. The third-order valence-electron chi connectivity index (χ3n) is 5.80. The van der Waals surface area contributed by atoms with E-state index >= 15 is 0 Å². The maximum atomic E-state index is 12.7. The topological polar surface area (TPSA) is 63.2 Å². The van der Waals surface area contributed by atoms with E-state index in [1.165, 1.54) is 13.3 Å². The fourth-order valence-corrected chi connectivity index (χ4v) is 4.94. The maximum absolute atomic E-state index is 12.7. The Hall–Kier alpha value is -1.36. The lowest BCUT2D eigenvalue weighted by atomic mass is 9.78. The van der Waals surface area contributed by atoms with Gasteiger partial charge in [-0.05, 0) is 50.2 Å². The van der Waals surface area contributed by atoms with Gasteiger partial charge in [0.25, 0.3) is 0 Å². The number of benzene rings is 1. The standard InChI is InChI=1S/C20H31NO3S/c1-13-9-10-15(3)18(11-13)12-25(23,24)17(5)20(22)21-19-8-6-7-14(2)16(19)4/h9-11,14,16-17,19H,6-8,12H2,1-5H3,(H,21,22)/t14-,16-,17-,19-/m1/s1. The van der Waals surface area contributed by atoms with Crippen molar-refractivity contribution in [3.05, 3.63) is 34.9 Å². The SMILES string of the molecule is Cc1ccc(C)c(CS(=O)(=O)[C@H](C)C(=O)N[C@@H]2CCC[C@@H](C)[C@H]2C)c1. The number of sulfone groups is 1. The second-order valence-corrected chi connectivity index (χ2v) is 10.1. The quantitative estimate of drug-likeness (QED) is 0.868. The van der Waals surface area contributed by atoms with Gasteiger partial charge in [-0.3, -0.25) is 4.79 Å². The summed E-state index contributed by atoms with van der Waals surface area (Å²) in [6.07, 6.45) is 3.19. The predicted molar refractivity (Wildman–Crippen MR) is 102 cm³/mol. The average Bonchev–Trinajstić information content (AvgIpc) is 2.54. The average molecular weight is 366 g/mol. The van der Waals surface area contributed by atoms with Crippen LogP contribution in [0.3, 0.4) is 0 Å². The highest BCUT2D eigenvalue weighted by molar-refractivity contribution is 7.92. The van der Waals surface area contributed by atoms with E-state index < -0.39 is 15.1 Å². The molecule has 0 unspecified atom stereocenters. The Morgan fingerprint density at radius 3 is 2.60 bits per heavy atom. The molecule has 0 aliphatic heterocycles. The third-order valence-corrected chi connectivity index (χ3v) is 7.81. The Kier molecular flexibility index (Phi) is 6.30. The minimum absolute atomic E-state index is 0.0783. The molecule has 1 fully saturated rings. The Labute approximate surface area is 152 Å². The molecule has 5 heteroatoms. The molecule has 1 saturated carbocycles. The molecule has 0 heterocycles. The van der Waals surface area contributed by atoms with Crippen LogP contribution in [0.1, 0.15) is 56.7 Å². The van der Waals surface area contributed by atoms with Crippen molar-refractivity contribution in [1.29, 1.82) is 0 Å². The predicted octanol–water partition coefficient (Wildman–Crippen LogP) is 3.55. The first-order valence-electron chi connectivity index (χ1n) is 9.20. The molecule has 1 aromatic rings. The Balaban J connectivity index is 2.08. The number of nitrogens with one attached hydrogen (secondary N) is 1. The summed E-state index contributed by atoms with van der Waals surface area (Å²) in [5, 5.41) is 1.97. The lowest BCUT2D eigenvalue weighted by Gasteiger charge is -2.35. The number of hydrogen-bond acceptors (Lipinski definition) is 3. The first-order chi connectivity index (χ1) is 11.6. The Bertz CT molecular complexity index is 726. The maximum Gasteiger partial charge on any atom is 0.238 e. The molecule has 1 amide bonds. The van der Waals surface area contributed by atoms with Crippen molar-refractivity contribution in [2.45, 2.75) is 70.9 Å². The van der Waals surface area contributed by atoms with Gasteiger partial charge in [0.05, 0.1) is 5.75 Å². The second-order valence-electron chi connectivity index (χ2n) is 7.76. The van der Waals surface area contributed by atoms with Crippen molar-refractivity contribution in [2.75, 3.05) is 0 Å². The molecule has 0 aromatic heterocycles. The van der Waals surface area contributed by atoms with E-state index in [0.29, 0.717) is 11.8 Å². The molecule has 0 saturated heterocycles. The van der Waals surface area contributed by atoms with E-state index in [2.05, 4.69) is 19.2 Å². The first kappa shape index (κ1) is 20.0. The van der Waals surface area contributed by atoms with Gasteiger partial charge in [0.1, 0.15) is 5.25 Å². The van der Waals surface area contributed by atoms with E-state index in [0.717, 1.165) is 29.5 Å². The van der Waals surface area contributed by atoms with Crippen molar-refractivity contribution in [3.63, 3.8) is 0 Å². The van der Waals surface area contributed by atoms with Crippen LogP contribution >= 0.6 is 0 Å². The van der Waals surface area contributed by atoms with E-state index in [1.54, 1.807) is 0 Å². The molecule has 25 heavy (non-hydrogen) atoms. The smallest absolute Gasteiger partial charge is 0.238 e. The van der Waals surface area contributed by atoms with Gasteiger partial charge < -0.3 is 5.32 Å². The zero-order chi connectivity index (χ0) is 18.8. The van der Waals surface area contributed by atoms with E-state index in [1.807, 2.05) is 32.0 Å². The van der Waals surface area contributed by atoms with Gasteiger partial charge in [0.2, 0.25) is 5.91 Å². The van der Waals surface area contributed by atoms with Gasteiger partial charge in [0.15, 0.2) is 9.84 Å². The summed E-state index contributed by atoms with van der Waals surface area (Å²) < 4.78 is 25.5. The van der Waals surface area contributed by atoms with E-state index in [4.69, 9.17) is 0 Å². The molecule has 4 atom stereocenters. The number of carbonyl (C=O) groups is 1. The van der Waals surface area contributed by atoms with Gasteiger partial charge in [-0.25, -0.2) is 8.42 Å². The highest BCUT2D eigenvalue weighted by Gasteiger charge is 2.33. The molecule has 1 aromatic carbocycles. The fourth-order valence-electron chi connectivity index (χ4n) is 3.55. The molecular weight excluding hydrogens is 334 g/mol. The molecule has 4 nitrogen and oxygen atoms in total. The molecule has 1 N–H and O–H groups in total. The van der Waals surface area contributed by atoms with Gasteiger partial charge in [0, 0.05) is 6.04 Å². The van der Waals surface area contributed by atoms with E-state index in [9.17, 15) is 13.2 Å². The van der Waals surface area contributed by atoms with Crippen LogP contribution in [0, 0.1) is 25.7 Å².